The highest BCUT2D eigenvalue weighted by atomic mass is 32.2. The van der Waals surface area contributed by atoms with Crippen molar-refractivity contribution in [2.24, 2.45) is 0 Å². The van der Waals surface area contributed by atoms with Crippen LogP contribution in [0.5, 0.6) is 5.75 Å². The zero-order valence-electron chi connectivity index (χ0n) is 18.1. The van der Waals surface area contributed by atoms with Gasteiger partial charge in [-0.15, -0.1) is 0 Å². The van der Waals surface area contributed by atoms with Crippen molar-refractivity contribution in [3.63, 3.8) is 0 Å². The third kappa shape index (κ3) is 4.39. The Morgan fingerprint density at radius 1 is 1.16 bits per heavy atom. The first-order valence-corrected chi connectivity index (χ1v) is 11.9. The summed E-state index contributed by atoms with van der Waals surface area (Å²) < 4.78 is 36.0. The molecule has 32 heavy (non-hydrogen) atoms. The van der Waals surface area contributed by atoms with E-state index >= 15 is 0 Å². The summed E-state index contributed by atoms with van der Waals surface area (Å²) in [5.41, 5.74) is 1.91. The highest BCUT2D eigenvalue weighted by Crippen LogP contribution is 2.26. The first kappa shape index (κ1) is 22.0. The number of aryl methyl sites for hydroxylation is 1. The topological polar surface area (TPSA) is 93.5 Å². The molecule has 3 aromatic rings. The normalized spacial score (nSPS) is 14.0. The summed E-state index contributed by atoms with van der Waals surface area (Å²) >= 11 is 0. The minimum atomic E-state index is -3.86. The molecule has 1 aliphatic heterocycles. The minimum absolute atomic E-state index is 0.0251. The molecule has 168 valence electrons. The summed E-state index contributed by atoms with van der Waals surface area (Å²) in [6.07, 6.45) is 5.43. The molecule has 0 aliphatic carbocycles. The van der Waals surface area contributed by atoms with Gasteiger partial charge in [0.15, 0.2) is 0 Å². The maximum Gasteiger partial charge on any atom is 0.257 e. The molecule has 4 rings (SSSR count). The SMILES string of the molecule is COc1ccc(S(=O)(=O)NCc2ccccc2-n2ccnc2C)cc1C(=O)N1CCCC1. The Morgan fingerprint density at radius 3 is 2.59 bits per heavy atom. The van der Waals surface area contributed by atoms with Crippen LogP contribution in [-0.2, 0) is 16.6 Å². The smallest absolute Gasteiger partial charge is 0.257 e. The van der Waals surface area contributed by atoms with Gasteiger partial charge in [0.2, 0.25) is 10.0 Å². The summed E-state index contributed by atoms with van der Waals surface area (Å²) in [7, 11) is -2.39. The molecule has 2 aromatic carbocycles. The lowest BCUT2D eigenvalue weighted by molar-refractivity contribution is 0.0789. The standard InChI is InChI=1S/C23H26N4O4S/c1-17-24-11-14-27(17)21-8-4-3-7-18(21)16-25-32(29,30)19-9-10-22(31-2)20(15-19)23(28)26-12-5-6-13-26/h3-4,7-11,14-15,25H,5-6,12-13,16H2,1-2H3. The third-order valence-electron chi connectivity index (χ3n) is 5.63. The highest BCUT2D eigenvalue weighted by molar-refractivity contribution is 7.89. The van der Waals surface area contributed by atoms with Gasteiger partial charge in [0.25, 0.3) is 5.91 Å². The Balaban J connectivity index is 1.59. The number of hydrogen-bond donors (Lipinski definition) is 1. The van der Waals surface area contributed by atoms with Gasteiger partial charge in [-0.05, 0) is 49.6 Å². The summed E-state index contributed by atoms with van der Waals surface area (Å²) in [4.78, 5) is 18.9. The van der Waals surface area contributed by atoms with Gasteiger partial charge in [0.1, 0.15) is 11.6 Å². The fourth-order valence-corrected chi connectivity index (χ4v) is 4.93. The molecule has 1 N–H and O–H groups in total. The quantitative estimate of drug-likeness (QED) is 0.593. The highest BCUT2D eigenvalue weighted by Gasteiger charge is 2.25. The molecular weight excluding hydrogens is 428 g/mol. The molecule has 0 unspecified atom stereocenters. The van der Waals surface area contributed by atoms with Gasteiger partial charge in [-0.1, -0.05) is 18.2 Å². The van der Waals surface area contributed by atoms with Crippen LogP contribution < -0.4 is 9.46 Å². The number of aromatic nitrogens is 2. The Bertz CT molecular complexity index is 1230. The molecule has 9 heteroatoms. The van der Waals surface area contributed by atoms with Crippen LogP contribution in [0.25, 0.3) is 5.69 Å². The molecule has 1 saturated heterocycles. The Morgan fingerprint density at radius 2 is 1.91 bits per heavy atom. The van der Waals surface area contributed by atoms with Gasteiger partial charge >= 0.3 is 0 Å². The zero-order valence-corrected chi connectivity index (χ0v) is 18.9. The lowest BCUT2D eigenvalue weighted by atomic mass is 10.1. The van der Waals surface area contributed by atoms with Crippen LogP contribution in [0.3, 0.4) is 0 Å². The molecular formula is C23H26N4O4S. The molecule has 2 heterocycles. The number of methoxy groups -OCH3 is 1. The number of nitrogens with zero attached hydrogens (tertiary/aromatic N) is 3. The number of amides is 1. The van der Waals surface area contributed by atoms with E-state index < -0.39 is 10.0 Å². The molecule has 1 amide bonds. The van der Waals surface area contributed by atoms with Crippen LogP contribution in [0, 0.1) is 6.92 Å². The number of carbonyl (C=O) groups excluding carboxylic acids is 1. The predicted molar refractivity (Wildman–Crippen MR) is 120 cm³/mol. The van der Waals surface area contributed by atoms with Crippen LogP contribution in [-0.4, -0.2) is 49.0 Å². The first-order chi connectivity index (χ1) is 15.4. The van der Waals surface area contributed by atoms with Crippen LogP contribution in [0.15, 0.2) is 59.8 Å². The average Bonchev–Trinajstić information content (AvgIpc) is 3.49. The van der Waals surface area contributed by atoms with E-state index in [0.29, 0.717) is 18.8 Å². The van der Waals surface area contributed by atoms with Crippen LogP contribution in [0.4, 0.5) is 0 Å². The Labute approximate surface area is 187 Å². The van der Waals surface area contributed by atoms with Crippen molar-refractivity contribution in [1.29, 1.82) is 0 Å². The van der Waals surface area contributed by atoms with Crippen molar-refractivity contribution in [1.82, 2.24) is 19.2 Å². The average molecular weight is 455 g/mol. The Hall–Kier alpha value is -3.17. The molecule has 1 aromatic heterocycles. The number of imidazole rings is 1. The predicted octanol–water partition coefficient (Wildman–Crippen LogP) is 2.90. The van der Waals surface area contributed by atoms with Gasteiger partial charge in [0.05, 0.1) is 23.3 Å². The number of sulfonamides is 1. The molecule has 0 saturated carbocycles. The van der Waals surface area contributed by atoms with Crippen molar-refractivity contribution in [2.45, 2.75) is 31.2 Å². The van der Waals surface area contributed by atoms with E-state index in [2.05, 4.69) is 9.71 Å². The Kier molecular flexibility index (Phi) is 6.29. The summed E-state index contributed by atoms with van der Waals surface area (Å²) in [6, 6.07) is 11.9. The number of rotatable bonds is 7. The van der Waals surface area contributed by atoms with Crippen molar-refractivity contribution >= 4 is 15.9 Å². The monoisotopic (exact) mass is 454 g/mol. The van der Waals surface area contributed by atoms with E-state index in [1.807, 2.05) is 42.0 Å². The van der Waals surface area contributed by atoms with Crippen molar-refractivity contribution < 1.29 is 17.9 Å². The van der Waals surface area contributed by atoms with Crippen molar-refractivity contribution in [3.8, 4) is 11.4 Å². The lowest BCUT2D eigenvalue weighted by Crippen LogP contribution is -2.29. The second-order valence-electron chi connectivity index (χ2n) is 7.66. The summed E-state index contributed by atoms with van der Waals surface area (Å²) in [6.45, 7) is 3.32. The molecule has 0 atom stereocenters. The van der Waals surface area contributed by atoms with E-state index in [0.717, 1.165) is 29.9 Å². The van der Waals surface area contributed by atoms with Gasteiger partial charge in [-0.2, -0.15) is 0 Å². The van der Waals surface area contributed by atoms with Gasteiger partial charge in [-0.25, -0.2) is 18.1 Å². The number of ether oxygens (including phenoxy) is 1. The van der Waals surface area contributed by atoms with E-state index in [9.17, 15) is 13.2 Å². The largest absolute Gasteiger partial charge is 0.496 e. The van der Waals surface area contributed by atoms with E-state index in [-0.39, 0.29) is 22.9 Å². The van der Waals surface area contributed by atoms with E-state index in [1.165, 1.54) is 25.3 Å². The maximum atomic E-state index is 13.1. The molecule has 1 aliphatic rings. The summed E-state index contributed by atoms with van der Waals surface area (Å²) in [5, 5.41) is 0. The fourth-order valence-electron chi connectivity index (χ4n) is 3.90. The second-order valence-corrected chi connectivity index (χ2v) is 9.43. The third-order valence-corrected chi connectivity index (χ3v) is 7.03. The molecule has 0 bridgehead atoms. The lowest BCUT2D eigenvalue weighted by Gasteiger charge is -2.18. The van der Waals surface area contributed by atoms with Crippen LogP contribution in [0.2, 0.25) is 0 Å². The van der Waals surface area contributed by atoms with Gasteiger partial charge in [-0.3, -0.25) is 4.79 Å². The number of para-hydroxylation sites is 1. The molecule has 0 spiro atoms. The number of hydrogen-bond acceptors (Lipinski definition) is 5. The fraction of sp³-hybridized carbons (Fsp3) is 0.304. The van der Waals surface area contributed by atoms with E-state index in [1.54, 1.807) is 11.1 Å². The van der Waals surface area contributed by atoms with Gasteiger partial charge in [0, 0.05) is 32.0 Å². The number of carbonyl (C=O) groups is 1. The maximum absolute atomic E-state index is 13.1. The number of benzene rings is 2. The second kappa shape index (κ2) is 9.13. The van der Waals surface area contributed by atoms with Crippen LogP contribution >= 0.6 is 0 Å². The number of likely N-dealkylation sites (tertiary alicyclic amines) is 1. The summed E-state index contributed by atoms with van der Waals surface area (Å²) in [5.74, 6) is 0.958. The van der Waals surface area contributed by atoms with Crippen molar-refractivity contribution in [2.75, 3.05) is 20.2 Å². The van der Waals surface area contributed by atoms with Crippen molar-refractivity contribution in [3.05, 3.63) is 71.8 Å². The van der Waals surface area contributed by atoms with E-state index in [4.69, 9.17) is 4.74 Å². The first-order valence-electron chi connectivity index (χ1n) is 10.5. The molecule has 0 radical (unpaired) electrons. The molecule has 1 fully saturated rings. The minimum Gasteiger partial charge on any atom is -0.496 e. The zero-order chi connectivity index (χ0) is 22.7. The van der Waals surface area contributed by atoms with Crippen LogP contribution in [0.1, 0.15) is 34.6 Å². The van der Waals surface area contributed by atoms with Gasteiger partial charge < -0.3 is 14.2 Å². The number of nitrogens with one attached hydrogen (secondary N) is 1. The molecule has 8 nitrogen and oxygen atoms in total.